The maximum Gasteiger partial charge on any atom is 0.276 e. The van der Waals surface area contributed by atoms with Crippen LogP contribution >= 0.6 is 11.6 Å². The molecular weight excluding hydrogens is 398 g/mol. The SMILES string of the molecule is O=C(Nc1cccc(Cl)c1-n1cncn1)c1ccn(-c2ccc([N+](=O)[O-])cc2)n1. The van der Waals surface area contributed by atoms with Crippen LogP contribution in [0.25, 0.3) is 11.4 Å². The minimum atomic E-state index is -0.483. The molecule has 0 aliphatic carbocycles. The average molecular weight is 410 g/mol. The molecule has 0 aliphatic heterocycles. The van der Waals surface area contributed by atoms with E-state index >= 15 is 0 Å². The lowest BCUT2D eigenvalue weighted by molar-refractivity contribution is -0.384. The van der Waals surface area contributed by atoms with E-state index < -0.39 is 10.8 Å². The van der Waals surface area contributed by atoms with Crippen LogP contribution in [0.1, 0.15) is 10.5 Å². The Morgan fingerprint density at radius 3 is 2.59 bits per heavy atom. The first-order valence-electron chi connectivity index (χ1n) is 8.28. The third-order valence-corrected chi connectivity index (χ3v) is 4.33. The third kappa shape index (κ3) is 3.69. The number of nitrogens with one attached hydrogen (secondary N) is 1. The number of carbonyl (C=O) groups excluding carboxylic acids is 1. The second-order valence-electron chi connectivity index (χ2n) is 5.85. The van der Waals surface area contributed by atoms with Crippen LogP contribution in [0.3, 0.4) is 0 Å². The standard InChI is InChI=1S/C18H12ClN7O3/c19-14-2-1-3-15(17(14)25-11-20-10-21-25)22-18(27)16-8-9-24(23-16)12-4-6-13(7-5-12)26(28)29/h1-11H,(H,22,27). The molecule has 0 saturated carbocycles. The number of benzene rings is 2. The smallest absolute Gasteiger partial charge is 0.276 e. The number of non-ortho nitro benzene ring substituents is 1. The van der Waals surface area contributed by atoms with E-state index in [2.05, 4.69) is 20.5 Å². The van der Waals surface area contributed by atoms with Gasteiger partial charge >= 0.3 is 0 Å². The molecule has 2 heterocycles. The Balaban J connectivity index is 1.58. The molecule has 11 heteroatoms. The number of hydrogen-bond acceptors (Lipinski definition) is 6. The number of nitro groups is 1. The Labute approximate surface area is 168 Å². The van der Waals surface area contributed by atoms with Crippen LogP contribution in [-0.4, -0.2) is 35.4 Å². The Hall–Kier alpha value is -4.05. The molecule has 0 fully saturated rings. The van der Waals surface area contributed by atoms with Gasteiger partial charge in [0.05, 0.1) is 21.3 Å². The zero-order valence-corrected chi connectivity index (χ0v) is 15.4. The number of halogens is 1. The van der Waals surface area contributed by atoms with Crippen LogP contribution in [0.2, 0.25) is 5.02 Å². The molecule has 0 spiro atoms. The summed E-state index contributed by atoms with van der Waals surface area (Å²) in [5, 5.41) is 22.2. The van der Waals surface area contributed by atoms with Crippen molar-refractivity contribution in [2.24, 2.45) is 0 Å². The topological polar surface area (TPSA) is 121 Å². The van der Waals surface area contributed by atoms with E-state index in [4.69, 9.17) is 11.6 Å². The van der Waals surface area contributed by atoms with Crippen LogP contribution in [-0.2, 0) is 0 Å². The van der Waals surface area contributed by atoms with E-state index in [0.717, 1.165) is 0 Å². The molecular formula is C18H12ClN7O3. The fourth-order valence-electron chi connectivity index (χ4n) is 2.68. The van der Waals surface area contributed by atoms with Gasteiger partial charge in [-0.3, -0.25) is 14.9 Å². The summed E-state index contributed by atoms with van der Waals surface area (Å²) in [6.07, 6.45) is 4.42. The molecule has 0 radical (unpaired) electrons. The third-order valence-electron chi connectivity index (χ3n) is 4.03. The average Bonchev–Trinajstić information content (AvgIpc) is 3.40. The van der Waals surface area contributed by atoms with Gasteiger partial charge < -0.3 is 5.32 Å². The number of anilines is 1. The predicted molar refractivity (Wildman–Crippen MR) is 105 cm³/mol. The first kappa shape index (κ1) is 18.3. The molecule has 10 nitrogen and oxygen atoms in total. The van der Waals surface area contributed by atoms with Crippen LogP contribution in [0.5, 0.6) is 0 Å². The first-order chi connectivity index (χ1) is 14.0. The molecule has 0 atom stereocenters. The monoisotopic (exact) mass is 409 g/mol. The number of amides is 1. The molecule has 0 bridgehead atoms. The number of carbonyl (C=O) groups is 1. The van der Waals surface area contributed by atoms with Gasteiger partial charge in [0.25, 0.3) is 11.6 Å². The lowest BCUT2D eigenvalue weighted by Gasteiger charge is -2.11. The van der Waals surface area contributed by atoms with Crippen molar-refractivity contribution in [2.45, 2.75) is 0 Å². The Morgan fingerprint density at radius 1 is 1.10 bits per heavy atom. The highest BCUT2D eigenvalue weighted by molar-refractivity contribution is 6.33. The number of aromatic nitrogens is 5. The molecule has 29 heavy (non-hydrogen) atoms. The van der Waals surface area contributed by atoms with Crippen molar-refractivity contribution in [3.8, 4) is 11.4 Å². The fraction of sp³-hybridized carbons (Fsp3) is 0. The highest BCUT2D eigenvalue weighted by Crippen LogP contribution is 2.28. The minimum absolute atomic E-state index is 0.0273. The van der Waals surface area contributed by atoms with Gasteiger partial charge in [0, 0.05) is 18.3 Å². The molecule has 144 valence electrons. The van der Waals surface area contributed by atoms with Gasteiger partial charge in [0.15, 0.2) is 5.69 Å². The summed E-state index contributed by atoms with van der Waals surface area (Å²) in [4.78, 5) is 26.8. The van der Waals surface area contributed by atoms with E-state index in [1.54, 1.807) is 36.5 Å². The summed E-state index contributed by atoms with van der Waals surface area (Å²) >= 11 is 6.26. The van der Waals surface area contributed by atoms with Crippen molar-refractivity contribution < 1.29 is 9.72 Å². The van der Waals surface area contributed by atoms with Crippen molar-refractivity contribution in [1.29, 1.82) is 0 Å². The summed E-state index contributed by atoms with van der Waals surface area (Å²) in [5.74, 6) is -0.450. The van der Waals surface area contributed by atoms with Gasteiger partial charge in [-0.2, -0.15) is 10.2 Å². The largest absolute Gasteiger partial charge is 0.319 e. The predicted octanol–water partition coefficient (Wildman–Crippen LogP) is 3.27. The summed E-state index contributed by atoms with van der Waals surface area (Å²) in [7, 11) is 0. The highest BCUT2D eigenvalue weighted by Gasteiger charge is 2.16. The molecule has 4 rings (SSSR count). The van der Waals surface area contributed by atoms with Gasteiger partial charge in [-0.1, -0.05) is 17.7 Å². The van der Waals surface area contributed by atoms with Gasteiger partial charge in [-0.25, -0.2) is 14.3 Å². The summed E-state index contributed by atoms with van der Waals surface area (Å²) < 4.78 is 2.91. The molecule has 4 aromatic rings. The van der Waals surface area contributed by atoms with E-state index in [0.29, 0.717) is 22.1 Å². The van der Waals surface area contributed by atoms with Gasteiger partial charge in [-0.05, 0) is 30.3 Å². The van der Waals surface area contributed by atoms with Crippen LogP contribution in [0, 0.1) is 10.1 Å². The molecule has 0 saturated heterocycles. The molecule has 2 aromatic heterocycles. The van der Waals surface area contributed by atoms with E-state index in [9.17, 15) is 14.9 Å². The lowest BCUT2D eigenvalue weighted by Crippen LogP contribution is -2.15. The minimum Gasteiger partial charge on any atom is -0.319 e. The summed E-state index contributed by atoms with van der Waals surface area (Å²) in [5.41, 5.74) is 1.64. The Morgan fingerprint density at radius 2 is 1.90 bits per heavy atom. The molecule has 1 N–H and O–H groups in total. The number of nitrogens with zero attached hydrogens (tertiary/aromatic N) is 6. The molecule has 0 aliphatic rings. The normalized spacial score (nSPS) is 10.7. The van der Waals surface area contributed by atoms with Crippen LogP contribution < -0.4 is 5.32 Å². The summed E-state index contributed by atoms with van der Waals surface area (Å²) in [6.45, 7) is 0. The lowest BCUT2D eigenvalue weighted by atomic mass is 10.2. The second-order valence-corrected chi connectivity index (χ2v) is 6.26. The molecule has 2 aromatic carbocycles. The zero-order valence-electron chi connectivity index (χ0n) is 14.6. The summed E-state index contributed by atoms with van der Waals surface area (Å²) in [6, 6.07) is 12.4. The zero-order chi connectivity index (χ0) is 20.4. The number of rotatable bonds is 5. The van der Waals surface area contributed by atoms with Crippen molar-refractivity contribution in [2.75, 3.05) is 5.32 Å². The Bertz CT molecular complexity index is 1190. The van der Waals surface area contributed by atoms with E-state index in [-0.39, 0.29) is 11.4 Å². The van der Waals surface area contributed by atoms with Crippen molar-refractivity contribution in [3.63, 3.8) is 0 Å². The van der Waals surface area contributed by atoms with Crippen LogP contribution in [0.15, 0.2) is 67.4 Å². The van der Waals surface area contributed by atoms with Crippen LogP contribution in [0.4, 0.5) is 11.4 Å². The number of para-hydroxylation sites is 1. The van der Waals surface area contributed by atoms with Crippen molar-refractivity contribution in [1.82, 2.24) is 24.5 Å². The first-order valence-corrected chi connectivity index (χ1v) is 8.66. The van der Waals surface area contributed by atoms with Crippen molar-refractivity contribution >= 4 is 28.9 Å². The Kier molecular flexibility index (Phi) is 4.75. The fourth-order valence-corrected chi connectivity index (χ4v) is 2.94. The van der Waals surface area contributed by atoms with E-state index in [1.165, 1.54) is 40.2 Å². The number of nitro benzene ring substituents is 1. The molecule has 0 unspecified atom stereocenters. The highest BCUT2D eigenvalue weighted by atomic mass is 35.5. The second kappa shape index (κ2) is 7.52. The molecule has 1 amide bonds. The number of hydrogen-bond donors (Lipinski definition) is 1. The van der Waals surface area contributed by atoms with Crippen molar-refractivity contribution in [3.05, 3.63) is 88.2 Å². The van der Waals surface area contributed by atoms with Gasteiger partial charge in [0.1, 0.15) is 18.3 Å². The van der Waals surface area contributed by atoms with Gasteiger partial charge in [0.2, 0.25) is 0 Å². The maximum absolute atomic E-state index is 12.7. The maximum atomic E-state index is 12.7. The quantitative estimate of drug-likeness (QED) is 0.399. The van der Waals surface area contributed by atoms with E-state index in [1.807, 2.05) is 0 Å². The van der Waals surface area contributed by atoms with Gasteiger partial charge in [-0.15, -0.1) is 0 Å².